The summed E-state index contributed by atoms with van der Waals surface area (Å²) in [5.41, 5.74) is 1.04. The second-order valence-electron chi connectivity index (χ2n) is 9.78. The molecular formula is C28H25F3N6O3. The van der Waals surface area contributed by atoms with Gasteiger partial charge in [0.05, 0.1) is 24.3 Å². The Labute approximate surface area is 227 Å². The van der Waals surface area contributed by atoms with Crippen LogP contribution in [-0.2, 0) is 12.7 Å². The highest BCUT2D eigenvalue weighted by Crippen LogP contribution is 2.35. The van der Waals surface area contributed by atoms with Crippen LogP contribution in [0.3, 0.4) is 0 Å². The molecule has 0 aliphatic heterocycles. The Morgan fingerprint density at radius 3 is 2.50 bits per heavy atom. The van der Waals surface area contributed by atoms with Crippen LogP contribution in [0, 0.1) is 17.2 Å². The number of anilines is 1. The predicted octanol–water partition coefficient (Wildman–Crippen LogP) is 5.74. The molecule has 1 fully saturated rings. The number of carbonyl (C=O) groups is 1. The van der Waals surface area contributed by atoms with E-state index in [1.807, 2.05) is 6.92 Å². The molecule has 1 atom stereocenters. The summed E-state index contributed by atoms with van der Waals surface area (Å²) >= 11 is 0. The molecule has 1 aliphatic rings. The number of carboxylic acids is 1. The highest BCUT2D eigenvalue weighted by molar-refractivity contribution is 5.92. The third kappa shape index (κ3) is 5.27. The number of aromatic carboxylic acids is 1. The van der Waals surface area contributed by atoms with E-state index in [1.165, 1.54) is 19.2 Å². The molecule has 1 unspecified atom stereocenters. The molecule has 12 heteroatoms. The minimum atomic E-state index is -4.48. The summed E-state index contributed by atoms with van der Waals surface area (Å²) in [5, 5.41) is 22.6. The van der Waals surface area contributed by atoms with E-state index in [4.69, 9.17) is 4.74 Å². The first-order chi connectivity index (χ1) is 19.1. The van der Waals surface area contributed by atoms with E-state index >= 15 is 0 Å². The maximum Gasteiger partial charge on any atom is 0.416 e. The summed E-state index contributed by atoms with van der Waals surface area (Å²) < 4.78 is 46.6. The van der Waals surface area contributed by atoms with E-state index in [2.05, 4.69) is 26.3 Å². The number of rotatable bonds is 8. The topological polar surface area (TPSA) is 126 Å². The second kappa shape index (κ2) is 10.5. The number of nitrogens with one attached hydrogen (secondary N) is 1. The number of alkyl halides is 3. The lowest BCUT2D eigenvalue weighted by Gasteiger charge is -2.32. The third-order valence-electron chi connectivity index (χ3n) is 7.17. The van der Waals surface area contributed by atoms with Gasteiger partial charge in [-0.2, -0.15) is 18.4 Å². The van der Waals surface area contributed by atoms with Gasteiger partial charge < -0.3 is 19.7 Å². The van der Waals surface area contributed by atoms with Crippen molar-refractivity contribution < 1.29 is 27.8 Å². The quantitative estimate of drug-likeness (QED) is 0.285. The Kier molecular flexibility index (Phi) is 7.06. The van der Waals surface area contributed by atoms with Crippen LogP contribution < -0.4 is 10.1 Å². The van der Waals surface area contributed by atoms with Crippen LogP contribution in [0.25, 0.3) is 22.6 Å². The van der Waals surface area contributed by atoms with Crippen molar-refractivity contribution in [3.8, 4) is 23.2 Å². The summed E-state index contributed by atoms with van der Waals surface area (Å²) in [6, 6.07) is 11.6. The number of nitriles is 1. The number of hydrogen-bond acceptors (Lipinski definition) is 7. The van der Waals surface area contributed by atoms with Gasteiger partial charge in [0, 0.05) is 18.2 Å². The van der Waals surface area contributed by atoms with E-state index in [1.54, 1.807) is 22.8 Å². The zero-order chi connectivity index (χ0) is 28.6. The van der Waals surface area contributed by atoms with Crippen LogP contribution in [0.5, 0.6) is 5.75 Å². The SMILES string of the molecule is COc1cc(C#N)cc(-c2nc3nc(C(=O)O)nc(NC(C)C4CCC4)c3n2Cc2ccc(C(F)(F)F)cc2)c1. The number of aromatic nitrogens is 4. The molecule has 2 aromatic heterocycles. The van der Waals surface area contributed by atoms with Crippen LogP contribution in [0.4, 0.5) is 19.0 Å². The van der Waals surface area contributed by atoms with E-state index in [9.17, 15) is 28.3 Å². The fourth-order valence-corrected chi connectivity index (χ4v) is 4.77. The second-order valence-corrected chi connectivity index (χ2v) is 9.78. The molecule has 0 radical (unpaired) electrons. The molecule has 0 bridgehead atoms. The summed E-state index contributed by atoms with van der Waals surface area (Å²) in [6.07, 6.45) is -1.30. The number of hydrogen-bond donors (Lipinski definition) is 2. The molecule has 2 N–H and O–H groups in total. The minimum Gasteiger partial charge on any atom is -0.497 e. The number of halogens is 3. The lowest BCUT2D eigenvalue weighted by molar-refractivity contribution is -0.137. The monoisotopic (exact) mass is 550 g/mol. The molecular weight excluding hydrogens is 525 g/mol. The number of nitrogens with zero attached hydrogens (tertiary/aromatic N) is 5. The van der Waals surface area contributed by atoms with Crippen molar-refractivity contribution in [1.82, 2.24) is 19.5 Å². The van der Waals surface area contributed by atoms with Crippen molar-refractivity contribution in [1.29, 1.82) is 5.26 Å². The van der Waals surface area contributed by atoms with Gasteiger partial charge in [0.1, 0.15) is 17.1 Å². The summed E-state index contributed by atoms with van der Waals surface area (Å²) in [7, 11) is 1.46. The first kappa shape index (κ1) is 26.9. The smallest absolute Gasteiger partial charge is 0.416 e. The maximum atomic E-state index is 13.2. The van der Waals surface area contributed by atoms with Crippen LogP contribution in [0.2, 0.25) is 0 Å². The van der Waals surface area contributed by atoms with Crippen LogP contribution in [0.1, 0.15) is 53.5 Å². The first-order valence-electron chi connectivity index (χ1n) is 12.6. The summed E-state index contributed by atoms with van der Waals surface area (Å²) in [4.78, 5) is 25.0. The summed E-state index contributed by atoms with van der Waals surface area (Å²) in [6.45, 7) is 2.07. The Morgan fingerprint density at radius 2 is 1.93 bits per heavy atom. The molecule has 2 heterocycles. The maximum absolute atomic E-state index is 13.2. The standard InChI is InChI=1S/C28H25F3N6O3/c1-15(18-4-3-5-18)33-23-22-24(35-25(34-23)27(38)39)36-26(19-10-17(13-32)11-21(12-19)40-2)37(22)14-16-6-8-20(9-7-16)28(29,30)31/h6-12,15,18H,3-5,14H2,1-2H3,(H,38,39)(H,33,34,35). The Balaban J connectivity index is 1.72. The molecule has 4 aromatic rings. The number of ether oxygens (including phenoxy) is 1. The summed E-state index contributed by atoms with van der Waals surface area (Å²) in [5.74, 6) is -0.396. The molecule has 206 valence electrons. The van der Waals surface area contributed by atoms with Crippen molar-refractivity contribution in [2.75, 3.05) is 12.4 Å². The highest BCUT2D eigenvalue weighted by atomic mass is 19.4. The van der Waals surface area contributed by atoms with Gasteiger partial charge in [-0.3, -0.25) is 0 Å². The third-order valence-corrected chi connectivity index (χ3v) is 7.17. The van der Waals surface area contributed by atoms with Gasteiger partial charge in [-0.05, 0) is 61.6 Å². The van der Waals surface area contributed by atoms with Gasteiger partial charge in [0.15, 0.2) is 11.5 Å². The van der Waals surface area contributed by atoms with Gasteiger partial charge in [0.2, 0.25) is 5.82 Å². The van der Waals surface area contributed by atoms with Gasteiger partial charge in [-0.15, -0.1) is 0 Å². The van der Waals surface area contributed by atoms with E-state index in [-0.39, 0.29) is 24.1 Å². The molecule has 0 saturated heterocycles. The molecule has 0 spiro atoms. The Morgan fingerprint density at radius 1 is 1.20 bits per heavy atom. The lowest BCUT2D eigenvalue weighted by Crippen LogP contribution is -2.31. The fraction of sp³-hybridized carbons (Fsp3) is 0.321. The van der Waals surface area contributed by atoms with Gasteiger partial charge in [-0.25, -0.2) is 19.7 Å². The van der Waals surface area contributed by atoms with Crippen LogP contribution in [-0.4, -0.2) is 43.7 Å². The van der Waals surface area contributed by atoms with Gasteiger partial charge in [0.25, 0.3) is 0 Å². The molecule has 9 nitrogen and oxygen atoms in total. The normalized spacial score (nSPS) is 14.4. The van der Waals surface area contributed by atoms with Crippen molar-refractivity contribution in [3.63, 3.8) is 0 Å². The predicted molar refractivity (Wildman–Crippen MR) is 140 cm³/mol. The largest absolute Gasteiger partial charge is 0.497 e. The van der Waals surface area contributed by atoms with E-state index < -0.39 is 23.5 Å². The minimum absolute atomic E-state index is 0.0200. The van der Waals surface area contributed by atoms with E-state index in [0.29, 0.717) is 39.7 Å². The van der Waals surface area contributed by atoms with Gasteiger partial charge in [-0.1, -0.05) is 18.6 Å². The molecule has 40 heavy (non-hydrogen) atoms. The van der Waals surface area contributed by atoms with E-state index in [0.717, 1.165) is 31.4 Å². The highest BCUT2D eigenvalue weighted by Gasteiger charge is 2.30. The number of carboxylic acid groups (broad SMARTS) is 1. The van der Waals surface area contributed by atoms with Crippen molar-refractivity contribution in [2.45, 2.75) is 44.9 Å². The van der Waals surface area contributed by atoms with Crippen molar-refractivity contribution in [3.05, 3.63) is 65.0 Å². The molecule has 1 saturated carbocycles. The average Bonchev–Trinajstić information content (AvgIpc) is 3.25. The van der Waals surface area contributed by atoms with Crippen LogP contribution >= 0.6 is 0 Å². The zero-order valence-corrected chi connectivity index (χ0v) is 21.7. The molecule has 2 aromatic carbocycles. The van der Waals surface area contributed by atoms with Crippen molar-refractivity contribution in [2.24, 2.45) is 5.92 Å². The number of benzene rings is 2. The molecule has 5 rings (SSSR count). The number of fused-ring (bicyclic) bond motifs is 1. The number of imidazole rings is 1. The molecule has 1 aliphatic carbocycles. The molecule has 0 amide bonds. The van der Waals surface area contributed by atoms with Crippen LogP contribution in [0.15, 0.2) is 42.5 Å². The van der Waals surface area contributed by atoms with Gasteiger partial charge >= 0.3 is 12.1 Å². The first-order valence-corrected chi connectivity index (χ1v) is 12.6. The number of methoxy groups -OCH3 is 1. The lowest BCUT2D eigenvalue weighted by atomic mass is 9.80. The zero-order valence-electron chi connectivity index (χ0n) is 21.7. The fourth-order valence-electron chi connectivity index (χ4n) is 4.77. The Hall–Kier alpha value is -4.66. The average molecular weight is 551 g/mol. The van der Waals surface area contributed by atoms with Crippen molar-refractivity contribution >= 4 is 23.0 Å². The Bertz CT molecular complexity index is 1620.